The monoisotopic (exact) mass is 292 g/mol. The highest BCUT2D eigenvalue weighted by Gasteiger charge is 2.28. The molecule has 3 rings (SSSR count). The zero-order chi connectivity index (χ0) is 13.9. The van der Waals surface area contributed by atoms with Crippen molar-refractivity contribution < 1.29 is 14.3 Å². The van der Waals surface area contributed by atoms with Gasteiger partial charge < -0.3 is 14.4 Å². The molecule has 0 bridgehead atoms. The number of nitrogens with zero attached hydrogens (tertiary/aromatic N) is 2. The van der Waals surface area contributed by atoms with E-state index in [1.54, 1.807) is 17.4 Å². The van der Waals surface area contributed by atoms with Crippen molar-refractivity contribution in [3.05, 3.63) is 29.7 Å². The van der Waals surface area contributed by atoms with Crippen molar-refractivity contribution in [3.63, 3.8) is 0 Å². The second-order valence-corrected chi connectivity index (χ2v) is 5.76. The quantitative estimate of drug-likeness (QED) is 0.935. The average molecular weight is 292 g/mol. The van der Waals surface area contributed by atoms with Crippen molar-refractivity contribution in [1.82, 2.24) is 9.88 Å². The van der Waals surface area contributed by atoms with E-state index < -0.39 is 0 Å². The van der Waals surface area contributed by atoms with Crippen LogP contribution >= 0.6 is 11.3 Å². The number of thiazole rings is 1. The van der Waals surface area contributed by atoms with E-state index in [2.05, 4.69) is 4.98 Å². The molecule has 1 fully saturated rings. The van der Waals surface area contributed by atoms with Gasteiger partial charge in [0.1, 0.15) is 11.3 Å². The third kappa shape index (κ3) is 2.62. The van der Waals surface area contributed by atoms with E-state index >= 15 is 0 Å². The van der Waals surface area contributed by atoms with E-state index in [0.717, 1.165) is 35.7 Å². The molecule has 0 unspecified atom stereocenters. The molecule has 2 aromatic rings. The highest BCUT2D eigenvalue weighted by Crippen LogP contribution is 2.25. The topological polar surface area (TPSA) is 66.6 Å². The molecule has 5 nitrogen and oxygen atoms in total. The maximum absolute atomic E-state index is 12.2. The van der Waals surface area contributed by atoms with Crippen molar-refractivity contribution >= 4 is 17.2 Å². The molecule has 6 heteroatoms. The number of hydrogen-bond donors (Lipinski definition) is 1. The van der Waals surface area contributed by atoms with E-state index in [1.807, 2.05) is 11.4 Å². The van der Waals surface area contributed by atoms with Crippen LogP contribution in [-0.4, -0.2) is 40.1 Å². The lowest BCUT2D eigenvalue weighted by atomic mass is 10.2. The molecular formula is C14H16N2O3S. The van der Waals surface area contributed by atoms with Crippen LogP contribution in [0.15, 0.2) is 28.4 Å². The first-order valence-corrected chi connectivity index (χ1v) is 7.53. The fourth-order valence-corrected chi connectivity index (χ4v) is 3.32. The zero-order valence-corrected chi connectivity index (χ0v) is 11.8. The average Bonchev–Trinajstić information content (AvgIpc) is 3.19. The third-order valence-corrected chi connectivity index (χ3v) is 4.50. The van der Waals surface area contributed by atoms with Gasteiger partial charge in [-0.05, 0) is 18.9 Å². The van der Waals surface area contributed by atoms with Crippen molar-refractivity contribution in [2.45, 2.75) is 25.3 Å². The molecule has 0 saturated carbocycles. The van der Waals surface area contributed by atoms with Gasteiger partial charge in [0, 0.05) is 17.5 Å². The fourth-order valence-electron chi connectivity index (χ4n) is 2.52. The minimum absolute atomic E-state index is 0.0190. The molecule has 0 aromatic carbocycles. The lowest BCUT2D eigenvalue weighted by molar-refractivity contribution is -0.132. The summed E-state index contributed by atoms with van der Waals surface area (Å²) in [4.78, 5) is 18.5. The number of aromatic nitrogens is 1. The molecule has 0 aliphatic carbocycles. The van der Waals surface area contributed by atoms with Crippen LogP contribution < -0.4 is 0 Å². The molecule has 106 valence electrons. The van der Waals surface area contributed by atoms with Gasteiger partial charge in [0.15, 0.2) is 0 Å². The molecule has 0 spiro atoms. The first kappa shape index (κ1) is 13.3. The largest absolute Gasteiger partial charge is 0.472 e. The highest BCUT2D eigenvalue weighted by molar-refractivity contribution is 7.13. The Hall–Kier alpha value is -1.66. The van der Waals surface area contributed by atoms with Crippen LogP contribution in [0.1, 0.15) is 18.5 Å². The molecule has 1 N–H and O–H groups in total. The first-order chi connectivity index (χ1) is 9.78. The molecule has 1 atom stereocenters. The summed E-state index contributed by atoms with van der Waals surface area (Å²) >= 11 is 1.51. The van der Waals surface area contributed by atoms with Gasteiger partial charge in [0.05, 0.1) is 31.0 Å². The van der Waals surface area contributed by atoms with Crippen LogP contribution in [-0.2, 0) is 11.2 Å². The zero-order valence-electron chi connectivity index (χ0n) is 11.0. The molecule has 1 aliphatic rings. The Labute approximate surface area is 120 Å². The van der Waals surface area contributed by atoms with Crippen LogP contribution in [0.3, 0.4) is 0 Å². The van der Waals surface area contributed by atoms with E-state index in [9.17, 15) is 9.90 Å². The Morgan fingerprint density at radius 1 is 1.60 bits per heavy atom. The van der Waals surface area contributed by atoms with Gasteiger partial charge in [-0.15, -0.1) is 11.3 Å². The van der Waals surface area contributed by atoms with Crippen LogP contribution in [0, 0.1) is 0 Å². The van der Waals surface area contributed by atoms with Gasteiger partial charge in [-0.3, -0.25) is 4.79 Å². The molecule has 3 heterocycles. The lowest BCUT2D eigenvalue weighted by Crippen LogP contribution is -2.38. The Kier molecular flexibility index (Phi) is 3.84. The number of hydrogen-bond acceptors (Lipinski definition) is 5. The number of likely N-dealkylation sites (tertiary alicyclic amines) is 1. The van der Waals surface area contributed by atoms with Gasteiger partial charge in [-0.2, -0.15) is 0 Å². The molecule has 1 saturated heterocycles. The van der Waals surface area contributed by atoms with Crippen LogP contribution in [0.5, 0.6) is 0 Å². The first-order valence-electron chi connectivity index (χ1n) is 6.65. The summed E-state index contributed by atoms with van der Waals surface area (Å²) in [5, 5.41) is 12.0. The molecule has 2 aromatic heterocycles. The summed E-state index contributed by atoms with van der Waals surface area (Å²) in [5.74, 6) is 0.0468. The van der Waals surface area contributed by atoms with Crippen LogP contribution in [0.25, 0.3) is 10.6 Å². The van der Waals surface area contributed by atoms with E-state index in [0.29, 0.717) is 6.42 Å². The summed E-state index contributed by atoms with van der Waals surface area (Å²) in [6, 6.07) is 1.83. The van der Waals surface area contributed by atoms with Crippen LogP contribution in [0.2, 0.25) is 0 Å². The maximum Gasteiger partial charge on any atom is 0.228 e. The third-order valence-electron chi connectivity index (χ3n) is 3.56. The summed E-state index contributed by atoms with van der Waals surface area (Å²) in [5.41, 5.74) is 1.71. The number of rotatable bonds is 4. The maximum atomic E-state index is 12.2. The Morgan fingerprint density at radius 3 is 3.25 bits per heavy atom. The van der Waals surface area contributed by atoms with Gasteiger partial charge in [-0.1, -0.05) is 0 Å². The number of aliphatic hydroxyl groups is 1. The second-order valence-electron chi connectivity index (χ2n) is 4.90. The van der Waals surface area contributed by atoms with Gasteiger partial charge in [0.25, 0.3) is 0 Å². The Balaban J connectivity index is 1.67. The Bertz CT molecular complexity index is 579. The van der Waals surface area contributed by atoms with E-state index in [1.165, 1.54) is 11.3 Å². The van der Waals surface area contributed by atoms with E-state index in [-0.39, 0.29) is 18.6 Å². The van der Waals surface area contributed by atoms with E-state index in [4.69, 9.17) is 4.42 Å². The molecule has 1 amide bonds. The number of carbonyl (C=O) groups excluding carboxylic acids is 1. The second kappa shape index (κ2) is 5.76. The van der Waals surface area contributed by atoms with Crippen molar-refractivity contribution in [1.29, 1.82) is 0 Å². The lowest BCUT2D eigenvalue weighted by Gasteiger charge is -2.22. The van der Waals surface area contributed by atoms with Crippen molar-refractivity contribution in [2.75, 3.05) is 13.2 Å². The minimum atomic E-state index is -0.0190. The summed E-state index contributed by atoms with van der Waals surface area (Å²) in [6.07, 6.45) is 5.41. The smallest absolute Gasteiger partial charge is 0.228 e. The standard InChI is InChI=1S/C14H16N2O3S/c17-7-12-2-1-4-16(12)13(18)6-11-9-20-14(15-11)10-3-5-19-8-10/h3,5,8-9,12,17H,1-2,4,6-7H2/t12-/m0/s1. The molecular weight excluding hydrogens is 276 g/mol. The summed E-state index contributed by atoms with van der Waals surface area (Å²) in [6.45, 7) is 0.784. The minimum Gasteiger partial charge on any atom is -0.472 e. The number of amides is 1. The number of furan rings is 1. The Morgan fingerprint density at radius 2 is 2.50 bits per heavy atom. The predicted molar refractivity (Wildman–Crippen MR) is 75.3 cm³/mol. The highest BCUT2D eigenvalue weighted by atomic mass is 32.1. The van der Waals surface area contributed by atoms with Crippen LogP contribution in [0.4, 0.5) is 0 Å². The van der Waals surface area contributed by atoms with Gasteiger partial charge >= 0.3 is 0 Å². The normalized spacial score (nSPS) is 18.6. The van der Waals surface area contributed by atoms with Gasteiger partial charge in [0.2, 0.25) is 5.91 Å². The SMILES string of the molecule is O=C(Cc1csc(-c2ccoc2)n1)N1CCC[C@H]1CO. The molecule has 1 aliphatic heterocycles. The number of aliphatic hydroxyl groups excluding tert-OH is 1. The van der Waals surface area contributed by atoms with Crippen molar-refractivity contribution in [2.24, 2.45) is 0 Å². The molecule has 20 heavy (non-hydrogen) atoms. The van der Waals surface area contributed by atoms with Gasteiger partial charge in [-0.25, -0.2) is 4.98 Å². The molecule has 0 radical (unpaired) electrons. The fraction of sp³-hybridized carbons (Fsp3) is 0.429. The number of carbonyl (C=O) groups is 1. The van der Waals surface area contributed by atoms with Crippen molar-refractivity contribution in [3.8, 4) is 10.6 Å². The predicted octanol–water partition coefficient (Wildman–Crippen LogP) is 1.93. The summed E-state index contributed by atoms with van der Waals surface area (Å²) < 4.78 is 5.03. The summed E-state index contributed by atoms with van der Waals surface area (Å²) in [7, 11) is 0.